The second-order valence-corrected chi connectivity index (χ2v) is 9.00. The Balaban J connectivity index is 1.72. The standard InChI is InChI=1S/C18H16F2N6O2S/c1-9-18(21)26-15(8-29(9,27)28)11-5-16(23-7-12(11)20)25-13-2-3-22-14-4-10(19)6-24-17(13)14/h2-7,9,15H,8H2,1H3,(H2,21,26)(H,22,23,25)/t9?,15-/m0/s1. The van der Waals surface area contributed by atoms with Crippen LogP contribution in [0, 0.1) is 11.6 Å². The van der Waals surface area contributed by atoms with Crippen LogP contribution in [0.4, 0.5) is 20.3 Å². The molecule has 8 nitrogen and oxygen atoms in total. The smallest absolute Gasteiger partial charge is 0.162 e. The third-order valence-corrected chi connectivity index (χ3v) is 6.80. The molecule has 1 aliphatic rings. The molecule has 3 aromatic rings. The molecule has 0 radical (unpaired) electrons. The zero-order valence-corrected chi connectivity index (χ0v) is 16.0. The Bertz CT molecular complexity index is 1250. The number of anilines is 2. The molecule has 0 saturated carbocycles. The maximum Gasteiger partial charge on any atom is 0.162 e. The summed E-state index contributed by atoms with van der Waals surface area (Å²) in [4.78, 5) is 16.2. The number of halogens is 2. The molecule has 0 aromatic carbocycles. The lowest BCUT2D eigenvalue weighted by Gasteiger charge is -2.24. The Morgan fingerprint density at radius 1 is 1.17 bits per heavy atom. The van der Waals surface area contributed by atoms with Crippen molar-refractivity contribution in [2.24, 2.45) is 10.7 Å². The molecule has 0 fully saturated rings. The number of aromatic nitrogens is 3. The highest BCUT2D eigenvalue weighted by Gasteiger charge is 2.35. The molecular weight excluding hydrogens is 402 g/mol. The lowest BCUT2D eigenvalue weighted by atomic mass is 10.1. The summed E-state index contributed by atoms with van der Waals surface area (Å²) in [5.41, 5.74) is 7.01. The van der Waals surface area contributed by atoms with Gasteiger partial charge in [-0.05, 0) is 19.1 Å². The number of nitrogens with one attached hydrogen (secondary N) is 1. The summed E-state index contributed by atoms with van der Waals surface area (Å²) in [7, 11) is -3.55. The predicted molar refractivity (Wildman–Crippen MR) is 105 cm³/mol. The van der Waals surface area contributed by atoms with Crippen molar-refractivity contribution in [1.29, 1.82) is 0 Å². The first kappa shape index (κ1) is 19.1. The second-order valence-electron chi connectivity index (χ2n) is 6.64. The van der Waals surface area contributed by atoms with Crippen LogP contribution >= 0.6 is 0 Å². The molecule has 2 atom stereocenters. The number of rotatable bonds is 3. The van der Waals surface area contributed by atoms with Crippen molar-refractivity contribution in [1.82, 2.24) is 15.0 Å². The fourth-order valence-corrected chi connectivity index (χ4v) is 4.46. The van der Waals surface area contributed by atoms with Crippen molar-refractivity contribution in [3.05, 3.63) is 54.0 Å². The minimum atomic E-state index is -3.55. The third-order valence-electron chi connectivity index (χ3n) is 4.70. The van der Waals surface area contributed by atoms with Crippen LogP contribution in [0.25, 0.3) is 11.0 Å². The van der Waals surface area contributed by atoms with Gasteiger partial charge in [-0.25, -0.2) is 27.2 Å². The quantitative estimate of drug-likeness (QED) is 0.669. The van der Waals surface area contributed by atoms with Crippen molar-refractivity contribution in [2.45, 2.75) is 18.2 Å². The highest BCUT2D eigenvalue weighted by Crippen LogP contribution is 2.30. The Kier molecular flexibility index (Phi) is 4.61. The maximum absolute atomic E-state index is 14.4. The van der Waals surface area contributed by atoms with E-state index in [2.05, 4.69) is 25.3 Å². The van der Waals surface area contributed by atoms with Crippen LogP contribution in [0.1, 0.15) is 18.5 Å². The summed E-state index contributed by atoms with van der Waals surface area (Å²) in [6.45, 7) is 1.45. The van der Waals surface area contributed by atoms with E-state index in [-0.39, 0.29) is 23.0 Å². The van der Waals surface area contributed by atoms with Gasteiger partial charge >= 0.3 is 0 Å². The normalized spacial score (nSPS) is 21.0. The molecule has 4 heterocycles. The molecule has 0 aliphatic carbocycles. The number of nitrogens with zero attached hydrogens (tertiary/aromatic N) is 4. The summed E-state index contributed by atoms with van der Waals surface area (Å²) in [5.74, 6) is -1.38. The van der Waals surface area contributed by atoms with Crippen LogP contribution in [0.15, 0.2) is 41.8 Å². The molecule has 0 bridgehead atoms. The van der Waals surface area contributed by atoms with Crippen LogP contribution in [-0.2, 0) is 9.84 Å². The molecule has 3 aromatic heterocycles. The number of aliphatic imine (C=N–C) groups is 1. The van der Waals surface area contributed by atoms with Crippen molar-refractivity contribution in [3.63, 3.8) is 0 Å². The van der Waals surface area contributed by atoms with Gasteiger partial charge < -0.3 is 11.1 Å². The van der Waals surface area contributed by atoms with Gasteiger partial charge in [0.05, 0.1) is 35.4 Å². The predicted octanol–water partition coefficient (Wildman–Crippen LogP) is 2.26. The van der Waals surface area contributed by atoms with Crippen molar-refractivity contribution in [2.75, 3.05) is 11.1 Å². The van der Waals surface area contributed by atoms with Gasteiger partial charge in [0.2, 0.25) is 0 Å². The monoisotopic (exact) mass is 418 g/mol. The van der Waals surface area contributed by atoms with Crippen LogP contribution in [-0.4, -0.2) is 40.2 Å². The lowest BCUT2D eigenvalue weighted by molar-refractivity contribution is 0.565. The Hall–Kier alpha value is -3.21. The molecule has 0 amide bonds. The number of amidine groups is 1. The molecule has 1 unspecified atom stereocenters. The van der Waals surface area contributed by atoms with Crippen molar-refractivity contribution in [3.8, 4) is 0 Å². The van der Waals surface area contributed by atoms with E-state index in [0.717, 1.165) is 12.4 Å². The Morgan fingerprint density at radius 2 is 1.97 bits per heavy atom. The molecule has 150 valence electrons. The summed E-state index contributed by atoms with van der Waals surface area (Å²) in [6, 6.07) is 3.25. The maximum atomic E-state index is 14.4. The van der Waals surface area contributed by atoms with Crippen molar-refractivity contribution >= 4 is 38.2 Å². The minimum absolute atomic E-state index is 0.0540. The number of hydrogen-bond acceptors (Lipinski definition) is 8. The van der Waals surface area contributed by atoms with Crippen LogP contribution < -0.4 is 11.1 Å². The topological polar surface area (TPSA) is 123 Å². The van der Waals surface area contributed by atoms with Crippen LogP contribution in [0.2, 0.25) is 0 Å². The second kappa shape index (κ2) is 6.99. The summed E-state index contributed by atoms with van der Waals surface area (Å²) < 4.78 is 52.3. The largest absolute Gasteiger partial charge is 0.386 e. The number of sulfone groups is 1. The Morgan fingerprint density at radius 3 is 2.72 bits per heavy atom. The molecular formula is C18H16F2N6O2S. The van der Waals surface area contributed by atoms with E-state index in [1.165, 1.54) is 25.3 Å². The summed E-state index contributed by atoms with van der Waals surface area (Å²) >= 11 is 0. The van der Waals surface area contributed by atoms with Gasteiger partial charge in [0.25, 0.3) is 0 Å². The van der Waals surface area contributed by atoms with Gasteiger partial charge in [-0.3, -0.25) is 9.98 Å². The molecule has 4 rings (SSSR count). The van der Waals surface area contributed by atoms with E-state index in [9.17, 15) is 17.2 Å². The molecule has 1 aliphatic heterocycles. The van der Waals surface area contributed by atoms with Gasteiger partial charge in [-0.2, -0.15) is 0 Å². The van der Waals surface area contributed by atoms with Crippen molar-refractivity contribution < 1.29 is 17.2 Å². The fourth-order valence-electron chi connectivity index (χ4n) is 3.05. The van der Waals surface area contributed by atoms with Gasteiger partial charge in [0, 0.05) is 17.8 Å². The van der Waals surface area contributed by atoms with E-state index < -0.39 is 32.8 Å². The number of pyridine rings is 3. The molecule has 29 heavy (non-hydrogen) atoms. The summed E-state index contributed by atoms with van der Waals surface area (Å²) in [5, 5.41) is 2.08. The third kappa shape index (κ3) is 3.60. The first-order valence-corrected chi connectivity index (χ1v) is 10.3. The van der Waals surface area contributed by atoms with E-state index in [1.54, 1.807) is 6.07 Å². The number of hydrogen-bond donors (Lipinski definition) is 2. The minimum Gasteiger partial charge on any atom is -0.386 e. The van der Waals surface area contributed by atoms with Gasteiger partial charge in [-0.1, -0.05) is 0 Å². The highest BCUT2D eigenvalue weighted by molar-refractivity contribution is 7.92. The first-order valence-electron chi connectivity index (χ1n) is 8.62. The van der Waals surface area contributed by atoms with Gasteiger partial charge in [0.15, 0.2) is 9.84 Å². The Labute approximate surface area is 164 Å². The lowest BCUT2D eigenvalue weighted by Crippen LogP contribution is -2.40. The van der Waals surface area contributed by atoms with E-state index >= 15 is 0 Å². The van der Waals surface area contributed by atoms with Crippen LogP contribution in [0.3, 0.4) is 0 Å². The molecule has 3 N–H and O–H groups in total. The number of nitrogens with two attached hydrogens (primary N) is 1. The van der Waals surface area contributed by atoms with Gasteiger partial charge in [0.1, 0.15) is 34.1 Å². The summed E-state index contributed by atoms with van der Waals surface area (Å²) in [6.07, 6.45) is 3.51. The average molecular weight is 418 g/mol. The number of fused-ring (bicyclic) bond motifs is 1. The molecule has 11 heteroatoms. The molecule has 0 saturated heterocycles. The van der Waals surface area contributed by atoms with Crippen LogP contribution in [0.5, 0.6) is 0 Å². The molecule has 0 spiro atoms. The zero-order valence-electron chi connectivity index (χ0n) is 15.2. The zero-order chi connectivity index (χ0) is 20.8. The first-order chi connectivity index (χ1) is 13.7. The average Bonchev–Trinajstić information content (AvgIpc) is 2.67. The van der Waals surface area contributed by atoms with Gasteiger partial charge in [-0.15, -0.1) is 0 Å². The highest BCUT2D eigenvalue weighted by atomic mass is 32.2. The van der Waals surface area contributed by atoms with E-state index in [0.29, 0.717) is 16.7 Å². The van der Waals surface area contributed by atoms with E-state index in [4.69, 9.17) is 5.73 Å². The fraction of sp³-hybridized carbons (Fsp3) is 0.222. The SMILES string of the molecule is CC1C(N)=N[C@H](c2cc(Nc3ccnc4cc(F)cnc34)ncc2F)CS1(=O)=O. The van der Waals surface area contributed by atoms with E-state index in [1.807, 2.05) is 0 Å².